The average molecular weight is 438 g/mol. The van der Waals surface area contributed by atoms with Crippen molar-refractivity contribution in [2.75, 3.05) is 62.8 Å². The third-order valence-electron chi connectivity index (χ3n) is 6.15. The van der Waals surface area contributed by atoms with Crippen LogP contribution < -0.4 is 10.2 Å². The van der Waals surface area contributed by atoms with Gasteiger partial charge in [0, 0.05) is 32.6 Å². The summed E-state index contributed by atoms with van der Waals surface area (Å²) in [5.74, 6) is 0.384. The molecule has 0 spiro atoms. The summed E-state index contributed by atoms with van der Waals surface area (Å²) in [6.45, 7) is 4.13. The minimum Gasteiger partial charge on any atom is -0.379 e. The first kappa shape index (κ1) is 21.5. The zero-order valence-corrected chi connectivity index (χ0v) is 18.2. The van der Waals surface area contributed by atoms with Crippen LogP contribution in [0.15, 0.2) is 23.1 Å². The normalized spacial score (nSPS) is 21.7. The number of hydrogen-bond donors (Lipinski definition) is 1. The number of ether oxygens (including phenoxy) is 2. The summed E-state index contributed by atoms with van der Waals surface area (Å²) in [5, 5.41) is 3.02. The van der Waals surface area contributed by atoms with Crippen molar-refractivity contribution < 1.29 is 22.7 Å². The van der Waals surface area contributed by atoms with Crippen molar-refractivity contribution >= 4 is 27.3 Å². The standard InChI is InChI=1S/C21H31N3O5S/c25-21(15-17-3-1-2-4-17)22-19-16-18(30(26,27)24-9-13-29-14-10-24)5-6-20(19)23-7-11-28-12-8-23/h5-6,16-17H,1-4,7-15H2,(H,22,25). The number of amides is 1. The van der Waals surface area contributed by atoms with E-state index in [1.807, 2.05) is 6.07 Å². The number of anilines is 2. The van der Waals surface area contributed by atoms with Crippen molar-refractivity contribution in [2.45, 2.75) is 37.0 Å². The first-order valence-electron chi connectivity index (χ1n) is 10.9. The van der Waals surface area contributed by atoms with Gasteiger partial charge in [0.15, 0.2) is 0 Å². The maximum absolute atomic E-state index is 13.1. The molecule has 1 aliphatic carbocycles. The van der Waals surface area contributed by atoms with Gasteiger partial charge in [0.2, 0.25) is 15.9 Å². The molecule has 0 unspecified atom stereocenters. The van der Waals surface area contributed by atoms with Crippen molar-refractivity contribution in [1.29, 1.82) is 0 Å². The molecule has 9 heteroatoms. The highest BCUT2D eigenvalue weighted by atomic mass is 32.2. The van der Waals surface area contributed by atoms with Crippen molar-refractivity contribution in [3.05, 3.63) is 18.2 Å². The average Bonchev–Trinajstić information content (AvgIpc) is 3.28. The largest absolute Gasteiger partial charge is 0.379 e. The molecule has 1 saturated carbocycles. The summed E-state index contributed by atoms with van der Waals surface area (Å²) in [6, 6.07) is 5.06. The molecule has 2 aliphatic heterocycles. The summed E-state index contributed by atoms with van der Waals surface area (Å²) < 4.78 is 38.4. The zero-order chi connectivity index (χ0) is 21.0. The van der Waals surface area contributed by atoms with E-state index in [1.54, 1.807) is 12.1 Å². The van der Waals surface area contributed by atoms with Gasteiger partial charge in [-0.25, -0.2) is 8.42 Å². The second-order valence-corrected chi connectivity index (χ2v) is 10.1. The lowest BCUT2D eigenvalue weighted by Crippen LogP contribution is -2.40. The molecule has 3 fully saturated rings. The molecule has 1 N–H and O–H groups in total. The molecular weight excluding hydrogens is 406 g/mol. The van der Waals surface area contributed by atoms with Crippen LogP contribution in [0.1, 0.15) is 32.1 Å². The van der Waals surface area contributed by atoms with Crippen LogP contribution in [0.5, 0.6) is 0 Å². The molecule has 1 amide bonds. The van der Waals surface area contributed by atoms with Gasteiger partial charge in [0.05, 0.1) is 42.7 Å². The van der Waals surface area contributed by atoms with E-state index in [9.17, 15) is 13.2 Å². The van der Waals surface area contributed by atoms with Gasteiger partial charge in [-0.1, -0.05) is 12.8 Å². The Morgan fingerprint density at radius 3 is 2.30 bits per heavy atom. The SMILES string of the molecule is O=C(CC1CCCC1)Nc1cc(S(=O)(=O)N2CCOCC2)ccc1N1CCOCC1. The predicted molar refractivity (Wildman–Crippen MR) is 114 cm³/mol. The van der Waals surface area contributed by atoms with Crippen LogP contribution in [0, 0.1) is 5.92 Å². The van der Waals surface area contributed by atoms with Crippen molar-refractivity contribution in [1.82, 2.24) is 4.31 Å². The van der Waals surface area contributed by atoms with Crippen LogP contribution in [-0.2, 0) is 24.3 Å². The fourth-order valence-corrected chi connectivity index (χ4v) is 5.90. The number of morpholine rings is 2. The summed E-state index contributed by atoms with van der Waals surface area (Å²) in [4.78, 5) is 15.1. The van der Waals surface area contributed by atoms with E-state index in [0.717, 1.165) is 18.5 Å². The molecule has 166 valence electrons. The molecule has 1 aromatic carbocycles. The molecule has 30 heavy (non-hydrogen) atoms. The summed E-state index contributed by atoms with van der Waals surface area (Å²) in [5.41, 5.74) is 1.41. The van der Waals surface area contributed by atoms with Crippen LogP contribution in [0.2, 0.25) is 0 Å². The number of carbonyl (C=O) groups is 1. The van der Waals surface area contributed by atoms with Gasteiger partial charge in [-0.15, -0.1) is 0 Å². The van der Waals surface area contributed by atoms with Crippen LogP contribution >= 0.6 is 0 Å². The molecule has 0 aromatic heterocycles. The van der Waals surface area contributed by atoms with Crippen LogP contribution in [0.4, 0.5) is 11.4 Å². The first-order valence-corrected chi connectivity index (χ1v) is 12.3. The topological polar surface area (TPSA) is 88.2 Å². The highest BCUT2D eigenvalue weighted by Gasteiger charge is 2.28. The third-order valence-corrected chi connectivity index (χ3v) is 8.05. The van der Waals surface area contributed by atoms with Gasteiger partial charge >= 0.3 is 0 Å². The minimum absolute atomic E-state index is 0.0441. The number of rotatable bonds is 6. The number of sulfonamides is 1. The monoisotopic (exact) mass is 437 g/mol. The Hall–Kier alpha value is -1.68. The Bertz CT molecular complexity index is 842. The molecule has 0 atom stereocenters. The number of carbonyl (C=O) groups excluding carboxylic acids is 1. The zero-order valence-electron chi connectivity index (χ0n) is 17.3. The number of benzene rings is 1. The van der Waals surface area contributed by atoms with Gasteiger partial charge in [-0.05, 0) is 37.0 Å². The summed E-state index contributed by atoms with van der Waals surface area (Å²) >= 11 is 0. The van der Waals surface area contributed by atoms with E-state index in [-0.39, 0.29) is 10.8 Å². The molecule has 3 aliphatic rings. The maximum atomic E-state index is 13.1. The third kappa shape index (κ3) is 4.96. The lowest BCUT2D eigenvalue weighted by atomic mass is 10.0. The van der Waals surface area contributed by atoms with Crippen LogP contribution in [-0.4, -0.2) is 71.2 Å². The lowest BCUT2D eigenvalue weighted by molar-refractivity contribution is -0.117. The quantitative estimate of drug-likeness (QED) is 0.733. The molecule has 1 aromatic rings. The molecule has 4 rings (SSSR count). The van der Waals surface area contributed by atoms with Crippen LogP contribution in [0.3, 0.4) is 0 Å². The number of hydrogen-bond acceptors (Lipinski definition) is 6. The Morgan fingerprint density at radius 1 is 1.00 bits per heavy atom. The second kappa shape index (κ2) is 9.64. The molecule has 8 nitrogen and oxygen atoms in total. The smallest absolute Gasteiger partial charge is 0.243 e. The summed E-state index contributed by atoms with van der Waals surface area (Å²) in [6.07, 6.45) is 5.04. The lowest BCUT2D eigenvalue weighted by Gasteiger charge is -2.31. The minimum atomic E-state index is -3.63. The summed E-state index contributed by atoms with van der Waals surface area (Å²) in [7, 11) is -3.63. The molecular formula is C21H31N3O5S. The molecule has 0 bridgehead atoms. The molecule has 2 heterocycles. The predicted octanol–water partition coefficient (Wildman–Crippen LogP) is 2.06. The van der Waals surface area contributed by atoms with Gasteiger partial charge in [-0.3, -0.25) is 4.79 Å². The fourth-order valence-electron chi connectivity index (χ4n) is 4.47. The number of nitrogens with zero attached hydrogens (tertiary/aromatic N) is 2. The highest BCUT2D eigenvalue weighted by molar-refractivity contribution is 7.89. The van der Waals surface area contributed by atoms with Gasteiger partial charge in [0.1, 0.15) is 0 Å². The van der Waals surface area contributed by atoms with Crippen molar-refractivity contribution in [2.24, 2.45) is 5.92 Å². The maximum Gasteiger partial charge on any atom is 0.243 e. The van der Waals surface area contributed by atoms with E-state index >= 15 is 0 Å². The van der Waals surface area contributed by atoms with Crippen molar-refractivity contribution in [3.63, 3.8) is 0 Å². The van der Waals surface area contributed by atoms with E-state index in [0.29, 0.717) is 70.6 Å². The number of nitrogens with one attached hydrogen (secondary N) is 1. The first-order chi connectivity index (χ1) is 14.5. The Balaban J connectivity index is 1.59. The Labute approximate surface area is 178 Å². The van der Waals surface area contributed by atoms with E-state index in [4.69, 9.17) is 9.47 Å². The van der Waals surface area contributed by atoms with Crippen molar-refractivity contribution in [3.8, 4) is 0 Å². The van der Waals surface area contributed by atoms with Gasteiger partial charge in [0.25, 0.3) is 0 Å². The molecule has 0 radical (unpaired) electrons. The van der Waals surface area contributed by atoms with E-state index < -0.39 is 10.0 Å². The van der Waals surface area contributed by atoms with E-state index in [1.165, 1.54) is 17.1 Å². The van der Waals surface area contributed by atoms with E-state index in [2.05, 4.69) is 10.2 Å². The Kier molecular flexibility index (Phi) is 6.92. The molecule has 2 saturated heterocycles. The Morgan fingerprint density at radius 2 is 1.63 bits per heavy atom. The van der Waals surface area contributed by atoms with Gasteiger partial charge < -0.3 is 19.7 Å². The second-order valence-electron chi connectivity index (χ2n) is 8.20. The van der Waals surface area contributed by atoms with Crippen LogP contribution in [0.25, 0.3) is 0 Å². The van der Waals surface area contributed by atoms with Gasteiger partial charge in [-0.2, -0.15) is 4.31 Å². The highest BCUT2D eigenvalue weighted by Crippen LogP contribution is 2.32. The fraction of sp³-hybridized carbons (Fsp3) is 0.667.